The monoisotopic (exact) mass is 510 g/mol. The largest absolute Gasteiger partial charge is 0.507 e. The summed E-state index contributed by atoms with van der Waals surface area (Å²) in [6.45, 7) is -0.571. The van der Waals surface area contributed by atoms with Gasteiger partial charge in [-0.25, -0.2) is 13.2 Å². The number of ether oxygens (including phenoxy) is 2. The van der Waals surface area contributed by atoms with Crippen LogP contribution < -0.4 is 14.8 Å². The Morgan fingerprint density at radius 3 is 2.56 bits per heavy atom. The summed E-state index contributed by atoms with van der Waals surface area (Å²) in [6.07, 6.45) is 2.66. The second-order valence-corrected chi connectivity index (χ2v) is 9.98. The summed E-state index contributed by atoms with van der Waals surface area (Å²) in [6, 6.07) is 17.2. The summed E-state index contributed by atoms with van der Waals surface area (Å²) in [5.74, 6) is -1.42. The Hall–Kier alpha value is -4.05. The molecule has 4 rings (SSSR count). The van der Waals surface area contributed by atoms with Crippen LogP contribution in [0.25, 0.3) is 0 Å². The molecule has 0 saturated heterocycles. The van der Waals surface area contributed by atoms with Gasteiger partial charge in [-0.05, 0) is 72.9 Å². The quantitative estimate of drug-likeness (QED) is 0.395. The molecule has 1 amide bonds. The first-order valence-electron chi connectivity index (χ1n) is 11.3. The van der Waals surface area contributed by atoms with E-state index < -0.39 is 34.3 Å². The Bertz CT molecular complexity index is 1370. The minimum atomic E-state index is -4.07. The maximum atomic E-state index is 12.8. The number of amides is 1. The van der Waals surface area contributed by atoms with Gasteiger partial charge in [0.2, 0.25) is 0 Å². The van der Waals surface area contributed by atoms with Crippen molar-refractivity contribution in [3.05, 3.63) is 83.4 Å². The third-order valence-corrected chi connectivity index (χ3v) is 7.26. The SMILES string of the molecule is COc1ccc(NS(=O)(=O)c2ccc(O)c(C(=O)OCC(=O)N[C@@H]3CCCc4ccccc43)c2)cc1. The average Bonchev–Trinajstić information content (AvgIpc) is 2.88. The van der Waals surface area contributed by atoms with Crippen molar-refractivity contribution in [2.45, 2.75) is 30.2 Å². The van der Waals surface area contributed by atoms with Gasteiger partial charge in [0.05, 0.1) is 18.0 Å². The van der Waals surface area contributed by atoms with E-state index in [1.807, 2.05) is 24.3 Å². The smallest absolute Gasteiger partial charge is 0.342 e. The molecule has 3 aromatic carbocycles. The number of carbonyl (C=O) groups excluding carboxylic acids is 2. The number of fused-ring (bicyclic) bond motifs is 1. The molecule has 1 aliphatic carbocycles. The number of phenols is 1. The highest BCUT2D eigenvalue weighted by molar-refractivity contribution is 7.92. The van der Waals surface area contributed by atoms with Crippen LogP contribution in [0, 0.1) is 0 Å². The van der Waals surface area contributed by atoms with E-state index in [-0.39, 0.29) is 22.2 Å². The standard InChI is InChI=1S/C26H26N2O7S/c1-34-19-11-9-18(10-12-19)28-36(32,33)20-13-14-24(29)22(15-20)26(31)35-16-25(30)27-23-8-4-6-17-5-2-3-7-21(17)23/h2-3,5,7,9-15,23,28-29H,4,6,8,16H2,1H3,(H,27,30)/t23-/m1/s1. The zero-order chi connectivity index (χ0) is 25.7. The van der Waals surface area contributed by atoms with E-state index in [0.29, 0.717) is 5.75 Å². The van der Waals surface area contributed by atoms with Gasteiger partial charge in [0.1, 0.15) is 17.1 Å². The number of aryl methyl sites for hydroxylation is 1. The molecule has 0 aromatic heterocycles. The molecule has 10 heteroatoms. The summed E-state index contributed by atoms with van der Waals surface area (Å²) in [7, 11) is -2.58. The number of anilines is 1. The number of esters is 1. The third kappa shape index (κ3) is 5.77. The van der Waals surface area contributed by atoms with Gasteiger partial charge in [0.15, 0.2) is 6.61 Å². The van der Waals surface area contributed by atoms with Crippen molar-refractivity contribution >= 4 is 27.6 Å². The van der Waals surface area contributed by atoms with Crippen LogP contribution >= 0.6 is 0 Å². The molecule has 0 unspecified atom stereocenters. The van der Waals surface area contributed by atoms with E-state index in [9.17, 15) is 23.1 Å². The van der Waals surface area contributed by atoms with Crippen LogP contribution in [0.5, 0.6) is 11.5 Å². The van der Waals surface area contributed by atoms with Crippen LogP contribution in [0.3, 0.4) is 0 Å². The van der Waals surface area contributed by atoms with E-state index in [1.54, 1.807) is 12.1 Å². The first-order chi connectivity index (χ1) is 17.3. The van der Waals surface area contributed by atoms with Crippen LogP contribution in [0.4, 0.5) is 5.69 Å². The van der Waals surface area contributed by atoms with Crippen molar-refractivity contribution in [1.29, 1.82) is 0 Å². The average molecular weight is 511 g/mol. The number of methoxy groups -OCH3 is 1. The maximum absolute atomic E-state index is 12.8. The summed E-state index contributed by atoms with van der Waals surface area (Å²) in [5, 5.41) is 13.0. The normalized spacial score (nSPS) is 14.9. The van der Waals surface area contributed by atoms with E-state index >= 15 is 0 Å². The second-order valence-electron chi connectivity index (χ2n) is 8.30. The summed E-state index contributed by atoms with van der Waals surface area (Å²) in [4.78, 5) is 24.8. The molecule has 0 saturated carbocycles. The minimum absolute atomic E-state index is 0.174. The zero-order valence-corrected chi connectivity index (χ0v) is 20.4. The van der Waals surface area contributed by atoms with E-state index in [4.69, 9.17) is 9.47 Å². The van der Waals surface area contributed by atoms with Crippen LogP contribution in [-0.2, 0) is 26.0 Å². The van der Waals surface area contributed by atoms with Crippen LogP contribution in [-0.4, -0.2) is 39.1 Å². The molecule has 9 nitrogen and oxygen atoms in total. The number of carbonyl (C=O) groups is 2. The molecule has 36 heavy (non-hydrogen) atoms. The van der Waals surface area contributed by atoms with Gasteiger partial charge in [0.25, 0.3) is 15.9 Å². The van der Waals surface area contributed by atoms with Gasteiger partial charge in [-0.3, -0.25) is 9.52 Å². The fourth-order valence-electron chi connectivity index (χ4n) is 4.07. The van der Waals surface area contributed by atoms with Gasteiger partial charge >= 0.3 is 5.97 Å². The Morgan fingerprint density at radius 1 is 1.06 bits per heavy atom. The number of sulfonamides is 1. The molecule has 3 aromatic rings. The van der Waals surface area contributed by atoms with E-state index in [2.05, 4.69) is 10.0 Å². The molecule has 0 spiro atoms. The van der Waals surface area contributed by atoms with Crippen LogP contribution in [0.2, 0.25) is 0 Å². The van der Waals surface area contributed by atoms with Crippen LogP contribution in [0.1, 0.15) is 40.4 Å². The summed E-state index contributed by atoms with van der Waals surface area (Å²) >= 11 is 0. The lowest BCUT2D eigenvalue weighted by molar-refractivity contribution is -0.125. The highest BCUT2D eigenvalue weighted by Gasteiger charge is 2.24. The van der Waals surface area contributed by atoms with Crippen molar-refractivity contribution in [1.82, 2.24) is 5.32 Å². The zero-order valence-electron chi connectivity index (χ0n) is 19.6. The fourth-order valence-corrected chi connectivity index (χ4v) is 5.15. The van der Waals surface area contributed by atoms with Crippen molar-refractivity contribution in [2.75, 3.05) is 18.4 Å². The van der Waals surface area contributed by atoms with Gasteiger partial charge in [0, 0.05) is 5.69 Å². The van der Waals surface area contributed by atoms with Crippen molar-refractivity contribution < 1.29 is 32.6 Å². The van der Waals surface area contributed by atoms with Gasteiger partial charge in [-0.15, -0.1) is 0 Å². The first kappa shape index (κ1) is 25.1. The van der Waals surface area contributed by atoms with E-state index in [1.165, 1.54) is 24.8 Å². The van der Waals surface area contributed by atoms with Gasteiger partial charge in [-0.1, -0.05) is 24.3 Å². The lowest BCUT2D eigenvalue weighted by Gasteiger charge is -2.26. The molecule has 1 aliphatic rings. The lowest BCUT2D eigenvalue weighted by Crippen LogP contribution is -2.34. The number of hydrogen-bond acceptors (Lipinski definition) is 7. The van der Waals surface area contributed by atoms with E-state index in [0.717, 1.165) is 43.0 Å². The number of benzene rings is 3. The van der Waals surface area contributed by atoms with Gasteiger partial charge < -0.3 is 19.9 Å². The Morgan fingerprint density at radius 2 is 1.81 bits per heavy atom. The van der Waals surface area contributed by atoms with Crippen LogP contribution in [0.15, 0.2) is 71.6 Å². The molecule has 188 valence electrons. The molecule has 3 N–H and O–H groups in total. The molecular weight excluding hydrogens is 484 g/mol. The minimum Gasteiger partial charge on any atom is -0.507 e. The molecule has 1 atom stereocenters. The number of nitrogens with one attached hydrogen (secondary N) is 2. The van der Waals surface area contributed by atoms with Gasteiger partial charge in [-0.2, -0.15) is 0 Å². The molecule has 0 fully saturated rings. The molecule has 0 aliphatic heterocycles. The third-order valence-electron chi connectivity index (χ3n) is 5.88. The number of aromatic hydroxyl groups is 1. The molecular formula is C26H26N2O7S. The lowest BCUT2D eigenvalue weighted by atomic mass is 9.88. The topological polar surface area (TPSA) is 131 Å². The molecule has 0 heterocycles. The first-order valence-corrected chi connectivity index (χ1v) is 12.8. The van der Waals surface area contributed by atoms with Crippen molar-refractivity contribution in [2.24, 2.45) is 0 Å². The number of rotatable bonds is 8. The predicted octanol–water partition coefficient (Wildman–Crippen LogP) is 3.55. The van der Waals surface area contributed by atoms with Crippen molar-refractivity contribution in [3.8, 4) is 11.5 Å². The summed E-state index contributed by atoms with van der Waals surface area (Å²) < 4.78 is 38.1. The Labute approximate surface area is 209 Å². The highest BCUT2D eigenvalue weighted by Crippen LogP contribution is 2.29. The predicted molar refractivity (Wildman–Crippen MR) is 132 cm³/mol. The fraction of sp³-hybridized carbons (Fsp3) is 0.231. The Kier molecular flexibility index (Phi) is 7.44. The maximum Gasteiger partial charge on any atom is 0.342 e. The highest BCUT2D eigenvalue weighted by atomic mass is 32.2. The number of hydrogen-bond donors (Lipinski definition) is 3. The van der Waals surface area contributed by atoms with Crippen molar-refractivity contribution in [3.63, 3.8) is 0 Å². The Balaban J connectivity index is 1.40. The second kappa shape index (κ2) is 10.7. The summed E-state index contributed by atoms with van der Waals surface area (Å²) in [5.41, 5.74) is 2.14. The number of phenolic OH excluding ortho intramolecular Hbond substituents is 1. The molecule has 0 radical (unpaired) electrons. The molecule has 0 bridgehead atoms.